The van der Waals surface area contributed by atoms with Crippen molar-refractivity contribution in [2.75, 3.05) is 19.0 Å². The predicted molar refractivity (Wildman–Crippen MR) is 92.2 cm³/mol. The van der Waals surface area contributed by atoms with Crippen LogP contribution in [0, 0.1) is 0 Å². The highest BCUT2D eigenvalue weighted by atomic mass is 16.4. The maximum absolute atomic E-state index is 9.55. The summed E-state index contributed by atoms with van der Waals surface area (Å²) < 4.78 is 0. The standard InChI is InChI=1S/C14H16N2.C4H4O4/c1-16(2)14-5-3-12(4-6-14)11-13-7-9-15-10-8-13;5-3(6)1-2-4(7)8/h3-10H,11H2,1-2H3;1-2H,(H,5,6)(H,7,8)/b;2-1+. The molecule has 0 fully saturated rings. The quantitative estimate of drug-likeness (QED) is 0.819. The van der Waals surface area contributed by atoms with E-state index in [9.17, 15) is 9.59 Å². The Kier molecular flexibility index (Phi) is 7.70. The van der Waals surface area contributed by atoms with Crippen molar-refractivity contribution in [2.24, 2.45) is 0 Å². The van der Waals surface area contributed by atoms with Gasteiger partial charge in [0.1, 0.15) is 0 Å². The van der Waals surface area contributed by atoms with Gasteiger partial charge in [-0.25, -0.2) is 9.59 Å². The molecular formula is C18H20N2O4. The number of carboxylic acids is 2. The van der Waals surface area contributed by atoms with Crippen LogP contribution >= 0.6 is 0 Å². The van der Waals surface area contributed by atoms with Crippen molar-refractivity contribution in [1.82, 2.24) is 4.98 Å². The number of nitrogens with zero attached hydrogens (tertiary/aromatic N) is 2. The third kappa shape index (κ3) is 7.74. The predicted octanol–water partition coefficient (Wildman–Crippen LogP) is 2.45. The third-order valence-corrected chi connectivity index (χ3v) is 2.98. The first kappa shape index (κ1) is 18.9. The highest BCUT2D eigenvalue weighted by Crippen LogP contribution is 2.14. The van der Waals surface area contributed by atoms with Gasteiger partial charge in [0.2, 0.25) is 0 Å². The van der Waals surface area contributed by atoms with Gasteiger partial charge in [-0.1, -0.05) is 12.1 Å². The van der Waals surface area contributed by atoms with E-state index in [0.29, 0.717) is 12.2 Å². The van der Waals surface area contributed by atoms with Crippen molar-refractivity contribution < 1.29 is 19.8 Å². The summed E-state index contributed by atoms with van der Waals surface area (Å²) in [6.45, 7) is 0. The van der Waals surface area contributed by atoms with E-state index < -0.39 is 11.9 Å². The van der Waals surface area contributed by atoms with Gasteiger partial charge < -0.3 is 15.1 Å². The average molecular weight is 328 g/mol. The van der Waals surface area contributed by atoms with Crippen LogP contribution in [-0.2, 0) is 16.0 Å². The summed E-state index contributed by atoms with van der Waals surface area (Å²) in [5.41, 5.74) is 3.86. The number of carboxylic acid groups (broad SMARTS) is 2. The molecule has 0 radical (unpaired) electrons. The molecule has 126 valence electrons. The van der Waals surface area contributed by atoms with Gasteiger partial charge in [0.15, 0.2) is 0 Å². The third-order valence-electron chi connectivity index (χ3n) is 2.98. The second-order valence-corrected chi connectivity index (χ2v) is 5.10. The van der Waals surface area contributed by atoms with E-state index in [1.54, 1.807) is 0 Å². The zero-order valence-corrected chi connectivity index (χ0v) is 13.6. The second-order valence-electron chi connectivity index (χ2n) is 5.10. The van der Waals surface area contributed by atoms with E-state index in [2.05, 4.69) is 60.4 Å². The van der Waals surface area contributed by atoms with E-state index in [0.717, 1.165) is 6.42 Å². The highest BCUT2D eigenvalue weighted by molar-refractivity contribution is 5.89. The molecule has 2 rings (SSSR count). The number of aromatic nitrogens is 1. The fraction of sp³-hybridized carbons (Fsp3) is 0.167. The molecule has 0 bridgehead atoms. The first-order valence-corrected chi connectivity index (χ1v) is 7.17. The summed E-state index contributed by atoms with van der Waals surface area (Å²) in [5.74, 6) is -2.51. The van der Waals surface area contributed by atoms with Gasteiger partial charge in [-0.05, 0) is 41.8 Å². The fourth-order valence-electron chi connectivity index (χ4n) is 1.79. The van der Waals surface area contributed by atoms with Crippen molar-refractivity contribution in [3.8, 4) is 0 Å². The maximum Gasteiger partial charge on any atom is 0.328 e. The Labute approximate surface area is 140 Å². The molecule has 0 unspecified atom stereocenters. The Morgan fingerprint density at radius 3 is 1.79 bits per heavy atom. The van der Waals surface area contributed by atoms with Gasteiger partial charge in [-0.3, -0.25) is 4.98 Å². The molecule has 0 aliphatic rings. The Morgan fingerprint density at radius 1 is 0.917 bits per heavy atom. The van der Waals surface area contributed by atoms with Crippen LogP contribution in [0.4, 0.5) is 5.69 Å². The van der Waals surface area contributed by atoms with E-state index in [4.69, 9.17) is 10.2 Å². The molecule has 6 heteroatoms. The SMILES string of the molecule is CN(C)c1ccc(Cc2ccncc2)cc1.O=C(O)/C=C/C(=O)O. The Morgan fingerprint density at radius 2 is 1.38 bits per heavy atom. The zero-order chi connectivity index (χ0) is 17.9. The summed E-state index contributed by atoms with van der Waals surface area (Å²) >= 11 is 0. The summed E-state index contributed by atoms with van der Waals surface area (Å²) in [6, 6.07) is 12.8. The number of carbonyl (C=O) groups is 2. The fourth-order valence-corrected chi connectivity index (χ4v) is 1.79. The van der Waals surface area contributed by atoms with Crippen LogP contribution in [0.25, 0.3) is 0 Å². The number of pyridine rings is 1. The van der Waals surface area contributed by atoms with Crippen molar-refractivity contribution in [2.45, 2.75) is 6.42 Å². The minimum Gasteiger partial charge on any atom is -0.478 e. The van der Waals surface area contributed by atoms with Gasteiger partial charge in [0, 0.05) is 44.3 Å². The van der Waals surface area contributed by atoms with Crippen LogP contribution in [0.5, 0.6) is 0 Å². The van der Waals surface area contributed by atoms with Crippen LogP contribution in [0.15, 0.2) is 60.9 Å². The minimum atomic E-state index is -1.26. The molecule has 0 aliphatic heterocycles. The first-order chi connectivity index (χ1) is 11.4. The Hall–Kier alpha value is -3.15. The Bertz CT molecular complexity index is 664. The summed E-state index contributed by atoms with van der Waals surface area (Å²) in [7, 11) is 4.11. The summed E-state index contributed by atoms with van der Waals surface area (Å²) in [4.78, 5) is 25.2. The summed E-state index contributed by atoms with van der Waals surface area (Å²) in [5, 5.41) is 15.6. The monoisotopic (exact) mass is 328 g/mol. The molecule has 0 atom stereocenters. The molecule has 0 spiro atoms. The topological polar surface area (TPSA) is 90.7 Å². The van der Waals surface area contributed by atoms with E-state index in [-0.39, 0.29) is 0 Å². The van der Waals surface area contributed by atoms with Gasteiger partial charge in [-0.2, -0.15) is 0 Å². The highest BCUT2D eigenvalue weighted by Gasteiger charge is 1.97. The molecule has 0 aliphatic carbocycles. The smallest absolute Gasteiger partial charge is 0.328 e. The molecule has 1 aromatic heterocycles. The second kappa shape index (κ2) is 9.78. The van der Waals surface area contributed by atoms with Crippen molar-refractivity contribution in [3.05, 3.63) is 72.1 Å². The summed E-state index contributed by atoms with van der Waals surface area (Å²) in [6.07, 6.45) is 5.76. The molecule has 1 aromatic carbocycles. The molecule has 0 saturated heterocycles. The molecule has 24 heavy (non-hydrogen) atoms. The van der Waals surface area contributed by atoms with Crippen molar-refractivity contribution in [3.63, 3.8) is 0 Å². The van der Waals surface area contributed by atoms with Crippen molar-refractivity contribution in [1.29, 1.82) is 0 Å². The average Bonchev–Trinajstić information content (AvgIpc) is 2.55. The maximum atomic E-state index is 9.55. The largest absolute Gasteiger partial charge is 0.478 e. The lowest BCUT2D eigenvalue weighted by Crippen LogP contribution is -2.08. The molecular weight excluding hydrogens is 308 g/mol. The lowest BCUT2D eigenvalue weighted by atomic mass is 10.1. The number of hydrogen-bond donors (Lipinski definition) is 2. The number of anilines is 1. The molecule has 2 N–H and O–H groups in total. The van der Waals surface area contributed by atoms with Crippen molar-refractivity contribution >= 4 is 17.6 Å². The van der Waals surface area contributed by atoms with E-state index in [1.807, 2.05) is 12.4 Å². The molecule has 6 nitrogen and oxygen atoms in total. The van der Waals surface area contributed by atoms with Crippen LogP contribution in [0.3, 0.4) is 0 Å². The lowest BCUT2D eigenvalue weighted by molar-refractivity contribution is -0.134. The van der Waals surface area contributed by atoms with E-state index >= 15 is 0 Å². The first-order valence-electron chi connectivity index (χ1n) is 7.17. The van der Waals surface area contributed by atoms with Gasteiger partial charge in [-0.15, -0.1) is 0 Å². The Balaban J connectivity index is 0.000000307. The van der Waals surface area contributed by atoms with Crippen LogP contribution < -0.4 is 4.90 Å². The normalized spacial score (nSPS) is 9.92. The van der Waals surface area contributed by atoms with Crippen LogP contribution in [0.2, 0.25) is 0 Å². The number of aliphatic carboxylic acids is 2. The molecule has 0 saturated carbocycles. The van der Waals surface area contributed by atoms with E-state index in [1.165, 1.54) is 16.8 Å². The zero-order valence-electron chi connectivity index (χ0n) is 13.6. The van der Waals surface area contributed by atoms with Gasteiger partial charge >= 0.3 is 11.9 Å². The van der Waals surface area contributed by atoms with Crippen LogP contribution in [-0.4, -0.2) is 41.2 Å². The van der Waals surface area contributed by atoms with Gasteiger partial charge in [0.05, 0.1) is 0 Å². The lowest BCUT2D eigenvalue weighted by Gasteiger charge is -2.12. The molecule has 0 amide bonds. The molecule has 1 heterocycles. The molecule has 2 aromatic rings. The minimum absolute atomic E-state index is 0.558. The number of hydrogen-bond acceptors (Lipinski definition) is 4. The van der Waals surface area contributed by atoms with Gasteiger partial charge in [0.25, 0.3) is 0 Å². The number of benzene rings is 1. The number of rotatable bonds is 5. The van der Waals surface area contributed by atoms with Crippen LogP contribution in [0.1, 0.15) is 11.1 Å².